The maximum absolute atomic E-state index is 11.6. The van der Waals surface area contributed by atoms with Crippen molar-refractivity contribution in [3.8, 4) is 0 Å². The van der Waals surface area contributed by atoms with Crippen molar-refractivity contribution in [3.63, 3.8) is 0 Å². The molecule has 2 rings (SSSR count). The van der Waals surface area contributed by atoms with Crippen LogP contribution in [0.4, 0.5) is 11.4 Å². The molecule has 1 heterocycles. The van der Waals surface area contributed by atoms with Crippen LogP contribution < -0.4 is 15.8 Å². The Kier molecular flexibility index (Phi) is 3.60. The van der Waals surface area contributed by atoms with E-state index in [4.69, 9.17) is 12.2 Å². The molecule has 0 aromatic heterocycles. The first-order valence-electron chi connectivity index (χ1n) is 4.77. The normalized spacial score (nSPS) is 14.9. The number of amides is 2. The van der Waals surface area contributed by atoms with Gasteiger partial charge in [-0.1, -0.05) is 24.0 Å². The van der Waals surface area contributed by atoms with E-state index in [9.17, 15) is 9.59 Å². The molecule has 1 aromatic rings. The van der Waals surface area contributed by atoms with Crippen LogP contribution >= 0.6 is 24.0 Å². The minimum atomic E-state index is -0.00766. The minimum Gasteiger partial charge on any atom is -0.299 e. The van der Waals surface area contributed by atoms with Crippen molar-refractivity contribution in [2.45, 2.75) is 0 Å². The Hall–Kier alpha value is -1.60. The number of rotatable bonds is 4. The zero-order valence-corrected chi connectivity index (χ0v) is 10.3. The molecule has 1 aromatic carbocycles. The first kappa shape index (κ1) is 11.9. The van der Waals surface area contributed by atoms with Gasteiger partial charge in [-0.05, 0) is 24.3 Å². The van der Waals surface area contributed by atoms with Crippen LogP contribution in [0.3, 0.4) is 0 Å². The number of anilines is 2. The average Bonchev–Trinajstić information content (AvgIpc) is 2.67. The van der Waals surface area contributed by atoms with Gasteiger partial charge in [0.05, 0.1) is 17.1 Å². The number of carbonyl (C=O) groups is 2. The van der Waals surface area contributed by atoms with Gasteiger partial charge in [-0.2, -0.15) is 0 Å². The number of hydrogen-bond donors (Lipinski definition) is 2. The Balaban J connectivity index is 2.14. The Morgan fingerprint density at radius 3 is 2.59 bits per heavy atom. The van der Waals surface area contributed by atoms with Gasteiger partial charge in [-0.15, -0.1) is 0 Å². The lowest BCUT2D eigenvalue weighted by molar-refractivity contribution is -0.115. The van der Waals surface area contributed by atoms with Crippen LogP contribution in [0.25, 0.3) is 0 Å². The largest absolute Gasteiger partial charge is 0.299 e. The quantitative estimate of drug-likeness (QED) is 0.486. The maximum Gasteiger partial charge on any atom is 0.243 e. The smallest absolute Gasteiger partial charge is 0.243 e. The number of carbonyl (C=O) groups excluding carboxylic acids is 2. The zero-order chi connectivity index (χ0) is 12.3. The first-order chi connectivity index (χ1) is 8.22. The van der Waals surface area contributed by atoms with Crippen molar-refractivity contribution in [2.24, 2.45) is 0 Å². The van der Waals surface area contributed by atoms with Gasteiger partial charge in [0.25, 0.3) is 0 Å². The number of hydrazine groups is 1. The third kappa shape index (κ3) is 2.56. The molecule has 1 fully saturated rings. The molecule has 0 saturated carbocycles. The van der Waals surface area contributed by atoms with E-state index in [2.05, 4.69) is 10.9 Å². The van der Waals surface area contributed by atoms with Gasteiger partial charge >= 0.3 is 0 Å². The molecule has 2 N–H and O–H groups in total. The molecule has 0 unspecified atom stereocenters. The number of thioether (sulfide) groups is 1. The molecule has 1 saturated heterocycles. The lowest BCUT2D eigenvalue weighted by atomic mass is 10.2. The minimum absolute atomic E-state index is 0.00766. The molecule has 7 heteroatoms. The topological polar surface area (TPSA) is 61.4 Å². The van der Waals surface area contributed by atoms with Crippen molar-refractivity contribution in [2.75, 3.05) is 16.1 Å². The van der Waals surface area contributed by atoms with E-state index in [1.165, 1.54) is 16.7 Å². The van der Waals surface area contributed by atoms with Crippen LogP contribution in [0.2, 0.25) is 0 Å². The highest BCUT2D eigenvalue weighted by atomic mass is 32.2. The molecule has 0 bridgehead atoms. The van der Waals surface area contributed by atoms with E-state index in [-0.39, 0.29) is 5.91 Å². The summed E-state index contributed by atoms with van der Waals surface area (Å²) in [7, 11) is 0. The second-order valence-corrected chi connectivity index (χ2v) is 4.83. The summed E-state index contributed by atoms with van der Waals surface area (Å²) < 4.78 is 0.571. The van der Waals surface area contributed by atoms with E-state index in [0.717, 1.165) is 11.4 Å². The number of hydrogen-bond acceptors (Lipinski definition) is 5. The monoisotopic (exact) mass is 267 g/mol. The van der Waals surface area contributed by atoms with Crippen molar-refractivity contribution in [3.05, 3.63) is 24.3 Å². The van der Waals surface area contributed by atoms with Crippen molar-refractivity contribution in [1.29, 1.82) is 0 Å². The summed E-state index contributed by atoms with van der Waals surface area (Å²) in [5, 5.41) is 0. The van der Waals surface area contributed by atoms with E-state index < -0.39 is 0 Å². The molecule has 88 valence electrons. The summed E-state index contributed by atoms with van der Waals surface area (Å²) >= 11 is 6.46. The summed E-state index contributed by atoms with van der Waals surface area (Å²) in [6, 6.07) is 7.05. The number of nitrogens with one attached hydrogen (secondary N) is 2. The third-order valence-corrected chi connectivity index (χ3v) is 3.51. The summed E-state index contributed by atoms with van der Waals surface area (Å²) in [5.74, 6) is 0.387. The number of benzene rings is 1. The van der Waals surface area contributed by atoms with Gasteiger partial charge in [0.15, 0.2) is 0 Å². The fraction of sp³-hybridized carbons (Fsp3) is 0.100. The number of nitrogens with zero attached hydrogens (tertiary/aromatic N) is 1. The van der Waals surface area contributed by atoms with Crippen molar-refractivity contribution >= 4 is 52.0 Å². The molecule has 17 heavy (non-hydrogen) atoms. The zero-order valence-electron chi connectivity index (χ0n) is 8.67. The van der Waals surface area contributed by atoms with Gasteiger partial charge in [0, 0.05) is 0 Å². The molecule has 0 spiro atoms. The summed E-state index contributed by atoms with van der Waals surface area (Å²) in [4.78, 5) is 23.2. The van der Waals surface area contributed by atoms with E-state index in [0.29, 0.717) is 16.5 Å². The van der Waals surface area contributed by atoms with E-state index in [1.807, 2.05) is 0 Å². The summed E-state index contributed by atoms with van der Waals surface area (Å²) in [6.07, 6.45) is 0.545. The molecule has 1 aliphatic heterocycles. The Labute approximate surface area is 108 Å². The predicted molar refractivity (Wildman–Crippen MR) is 71.8 cm³/mol. The van der Waals surface area contributed by atoms with E-state index >= 15 is 0 Å². The third-order valence-electron chi connectivity index (χ3n) is 2.15. The number of thiocarbonyl (C=S) groups is 1. The van der Waals surface area contributed by atoms with Gasteiger partial charge in [0.1, 0.15) is 4.32 Å². The summed E-state index contributed by atoms with van der Waals surface area (Å²) in [6.45, 7) is 0. The Morgan fingerprint density at radius 1 is 1.35 bits per heavy atom. The fourth-order valence-corrected chi connectivity index (χ4v) is 2.51. The second-order valence-electron chi connectivity index (χ2n) is 3.22. The Morgan fingerprint density at radius 2 is 2.06 bits per heavy atom. The lowest BCUT2D eigenvalue weighted by Crippen LogP contribution is -2.27. The summed E-state index contributed by atoms with van der Waals surface area (Å²) in [5.41, 5.74) is 6.47. The maximum atomic E-state index is 11.6. The van der Waals surface area contributed by atoms with Crippen LogP contribution in [0.5, 0.6) is 0 Å². The van der Waals surface area contributed by atoms with Gasteiger partial charge in [0.2, 0.25) is 12.3 Å². The van der Waals surface area contributed by atoms with Gasteiger partial charge in [-0.25, -0.2) is 0 Å². The first-order valence-corrected chi connectivity index (χ1v) is 6.17. The molecule has 0 radical (unpaired) electrons. The molecular formula is C10H9N3O2S2. The fourth-order valence-electron chi connectivity index (χ4n) is 1.41. The standard InChI is InChI=1S/C10H9N3O2S2/c14-6-11-12-7-1-3-8(4-2-7)13-9(15)5-17-10(13)16/h1-4,6,12H,5H2,(H,11,14). The highest BCUT2D eigenvalue weighted by Gasteiger charge is 2.27. The SMILES string of the molecule is O=CNNc1ccc(N2C(=O)CSC2=S)cc1. The molecule has 0 aliphatic carbocycles. The molecule has 1 aliphatic rings. The van der Waals surface area contributed by atoms with Gasteiger partial charge < -0.3 is 0 Å². The Bertz CT molecular complexity index is 445. The predicted octanol–water partition coefficient (Wildman–Crippen LogP) is 1.12. The van der Waals surface area contributed by atoms with Crippen molar-refractivity contribution < 1.29 is 9.59 Å². The average molecular weight is 267 g/mol. The highest BCUT2D eigenvalue weighted by Crippen LogP contribution is 2.27. The van der Waals surface area contributed by atoms with Crippen LogP contribution in [0.1, 0.15) is 0 Å². The van der Waals surface area contributed by atoms with Crippen LogP contribution in [0.15, 0.2) is 24.3 Å². The molecule has 0 atom stereocenters. The van der Waals surface area contributed by atoms with Crippen LogP contribution in [0, 0.1) is 0 Å². The molecular weight excluding hydrogens is 258 g/mol. The van der Waals surface area contributed by atoms with E-state index in [1.54, 1.807) is 24.3 Å². The lowest BCUT2D eigenvalue weighted by Gasteiger charge is -2.15. The molecule has 2 amide bonds. The van der Waals surface area contributed by atoms with Gasteiger partial charge in [-0.3, -0.25) is 25.3 Å². The van der Waals surface area contributed by atoms with Crippen LogP contribution in [-0.4, -0.2) is 22.4 Å². The molecule has 5 nitrogen and oxygen atoms in total. The highest BCUT2D eigenvalue weighted by molar-refractivity contribution is 8.24. The van der Waals surface area contributed by atoms with Crippen LogP contribution in [-0.2, 0) is 9.59 Å². The van der Waals surface area contributed by atoms with Crippen molar-refractivity contribution in [1.82, 2.24) is 5.43 Å². The second kappa shape index (κ2) is 5.15.